The van der Waals surface area contributed by atoms with Gasteiger partial charge in [-0.15, -0.1) is 4.83 Å². The lowest BCUT2D eigenvalue weighted by atomic mass is 10.2. The molecule has 0 spiro atoms. The zero-order valence-electron chi connectivity index (χ0n) is 12.1. The van der Waals surface area contributed by atoms with Crippen LogP contribution in [0.1, 0.15) is 21.5 Å². The summed E-state index contributed by atoms with van der Waals surface area (Å²) < 4.78 is 37.8. The zero-order valence-corrected chi connectivity index (χ0v) is 12.9. The molecule has 0 saturated heterocycles. The molecule has 0 saturated carbocycles. The Balaban J connectivity index is 2.17. The van der Waals surface area contributed by atoms with Crippen LogP contribution in [-0.4, -0.2) is 14.3 Å². The lowest BCUT2D eigenvalue weighted by Gasteiger charge is -2.11. The summed E-state index contributed by atoms with van der Waals surface area (Å²) in [6.45, 7) is 3.50. The first kappa shape index (κ1) is 16.1. The van der Waals surface area contributed by atoms with Crippen LogP contribution in [-0.2, 0) is 10.0 Å². The molecule has 2 aromatic rings. The first-order valence-corrected chi connectivity index (χ1v) is 7.93. The number of aryl methyl sites for hydroxylation is 2. The standard InChI is InChI=1S/C15H15FN2O3S/c1-10-7-8-14(11(2)9-10)22(20,21)18-17-15(19)12-5-3-4-6-13(12)16/h3-9,18H,1-2H3,(H,17,19). The zero-order chi connectivity index (χ0) is 16.3. The van der Waals surface area contributed by atoms with Crippen molar-refractivity contribution >= 4 is 15.9 Å². The van der Waals surface area contributed by atoms with Gasteiger partial charge in [-0.05, 0) is 37.6 Å². The van der Waals surface area contributed by atoms with Crippen LogP contribution in [0.3, 0.4) is 0 Å². The number of amides is 1. The number of halogens is 1. The van der Waals surface area contributed by atoms with Crippen molar-refractivity contribution in [2.75, 3.05) is 0 Å². The molecule has 0 aromatic heterocycles. The molecule has 0 fully saturated rings. The Kier molecular flexibility index (Phi) is 4.58. The van der Waals surface area contributed by atoms with Crippen LogP contribution < -0.4 is 10.3 Å². The summed E-state index contributed by atoms with van der Waals surface area (Å²) in [4.78, 5) is 13.8. The molecular formula is C15H15FN2O3S. The molecule has 0 aliphatic rings. The molecule has 2 aromatic carbocycles. The van der Waals surface area contributed by atoms with Crippen LogP contribution in [0.25, 0.3) is 0 Å². The number of hydrazine groups is 1. The predicted molar refractivity (Wildman–Crippen MR) is 80.1 cm³/mol. The Morgan fingerprint density at radius 2 is 1.77 bits per heavy atom. The van der Waals surface area contributed by atoms with E-state index in [0.717, 1.165) is 11.6 Å². The minimum Gasteiger partial charge on any atom is -0.273 e. The van der Waals surface area contributed by atoms with Gasteiger partial charge in [-0.3, -0.25) is 10.2 Å². The van der Waals surface area contributed by atoms with Gasteiger partial charge in [0.1, 0.15) is 5.82 Å². The van der Waals surface area contributed by atoms with Crippen molar-refractivity contribution in [3.8, 4) is 0 Å². The van der Waals surface area contributed by atoms with Crippen LogP contribution in [0, 0.1) is 19.7 Å². The van der Waals surface area contributed by atoms with Crippen LogP contribution in [0.15, 0.2) is 47.4 Å². The van der Waals surface area contributed by atoms with Crippen LogP contribution >= 0.6 is 0 Å². The summed E-state index contributed by atoms with van der Waals surface area (Å²) >= 11 is 0. The number of nitrogens with one attached hydrogen (secondary N) is 2. The Bertz CT molecular complexity index is 819. The predicted octanol–water partition coefficient (Wildman–Crippen LogP) is 2.07. The molecule has 0 aliphatic heterocycles. The van der Waals surface area contributed by atoms with Crippen molar-refractivity contribution in [2.45, 2.75) is 18.7 Å². The van der Waals surface area contributed by atoms with E-state index < -0.39 is 21.7 Å². The molecule has 1 amide bonds. The summed E-state index contributed by atoms with van der Waals surface area (Å²) in [6.07, 6.45) is 0. The van der Waals surface area contributed by atoms with E-state index in [4.69, 9.17) is 0 Å². The summed E-state index contributed by atoms with van der Waals surface area (Å²) in [5.74, 6) is -1.60. The highest BCUT2D eigenvalue weighted by Gasteiger charge is 2.19. The third kappa shape index (κ3) is 3.49. The molecule has 5 nitrogen and oxygen atoms in total. The first-order valence-electron chi connectivity index (χ1n) is 6.45. The molecule has 0 atom stereocenters. The van der Waals surface area contributed by atoms with Gasteiger partial charge in [0.2, 0.25) is 0 Å². The largest absolute Gasteiger partial charge is 0.273 e. The van der Waals surface area contributed by atoms with Crippen LogP contribution in [0.5, 0.6) is 0 Å². The van der Waals surface area contributed by atoms with E-state index in [1.807, 2.05) is 17.2 Å². The van der Waals surface area contributed by atoms with E-state index in [1.165, 1.54) is 24.3 Å². The Morgan fingerprint density at radius 1 is 1.09 bits per heavy atom. The Labute approximate surface area is 128 Å². The molecule has 7 heteroatoms. The van der Waals surface area contributed by atoms with Crippen molar-refractivity contribution in [1.29, 1.82) is 0 Å². The minimum absolute atomic E-state index is 0.0481. The van der Waals surface area contributed by atoms with Crippen molar-refractivity contribution in [3.63, 3.8) is 0 Å². The SMILES string of the molecule is Cc1ccc(S(=O)(=O)NNC(=O)c2ccccc2F)c(C)c1. The molecular weight excluding hydrogens is 307 g/mol. The topological polar surface area (TPSA) is 75.3 Å². The van der Waals surface area contributed by atoms with Crippen LogP contribution in [0.2, 0.25) is 0 Å². The molecule has 0 heterocycles. The number of sulfonamides is 1. The maximum atomic E-state index is 13.5. The van der Waals surface area contributed by atoms with Gasteiger partial charge in [0, 0.05) is 0 Å². The third-order valence-corrected chi connectivity index (χ3v) is 4.45. The van der Waals surface area contributed by atoms with E-state index in [2.05, 4.69) is 0 Å². The molecule has 0 bridgehead atoms. The van der Waals surface area contributed by atoms with Gasteiger partial charge in [-0.2, -0.15) is 0 Å². The smallest absolute Gasteiger partial charge is 0.269 e. The first-order chi connectivity index (χ1) is 10.3. The Morgan fingerprint density at radius 3 is 2.41 bits per heavy atom. The van der Waals surface area contributed by atoms with E-state index in [0.29, 0.717) is 5.56 Å². The fourth-order valence-corrected chi connectivity index (χ4v) is 3.05. The molecule has 0 aliphatic carbocycles. The van der Waals surface area contributed by atoms with E-state index >= 15 is 0 Å². The van der Waals surface area contributed by atoms with Crippen molar-refractivity contribution in [3.05, 3.63) is 65.0 Å². The molecule has 0 radical (unpaired) electrons. The number of rotatable bonds is 4. The van der Waals surface area contributed by atoms with Gasteiger partial charge in [0.25, 0.3) is 15.9 Å². The highest BCUT2D eigenvalue weighted by molar-refractivity contribution is 7.89. The fourth-order valence-electron chi connectivity index (χ4n) is 1.98. The van der Waals surface area contributed by atoms with Gasteiger partial charge in [-0.1, -0.05) is 29.8 Å². The van der Waals surface area contributed by atoms with E-state index in [-0.39, 0.29) is 10.5 Å². The monoisotopic (exact) mass is 322 g/mol. The summed E-state index contributed by atoms with van der Waals surface area (Å²) in [5.41, 5.74) is 3.23. The maximum Gasteiger partial charge on any atom is 0.269 e. The molecule has 22 heavy (non-hydrogen) atoms. The van der Waals surface area contributed by atoms with Gasteiger partial charge in [-0.25, -0.2) is 12.8 Å². The average molecular weight is 322 g/mol. The maximum absolute atomic E-state index is 13.5. The van der Waals surface area contributed by atoms with Crippen molar-refractivity contribution in [2.24, 2.45) is 0 Å². The molecule has 2 N–H and O–H groups in total. The number of carbonyl (C=O) groups excluding carboxylic acids is 1. The second-order valence-electron chi connectivity index (χ2n) is 4.81. The summed E-state index contributed by atoms with van der Waals surface area (Å²) in [6, 6.07) is 10.1. The van der Waals surface area contributed by atoms with Gasteiger partial charge in [0.15, 0.2) is 0 Å². The van der Waals surface area contributed by atoms with Crippen LogP contribution in [0.4, 0.5) is 4.39 Å². The second-order valence-corrected chi connectivity index (χ2v) is 6.46. The number of hydrogen-bond acceptors (Lipinski definition) is 3. The van der Waals surface area contributed by atoms with Crippen molar-refractivity contribution < 1.29 is 17.6 Å². The normalized spacial score (nSPS) is 11.2. The molecule has 0 unspecified atom stereocenters. The lowest BCUT2D eigenvalue weighted by molar-refractivity contribution is 0.0941. The fraction of sp³-hybridized carbons (Fsp3) is 0.133. The second kappa shape index (κ2) is 6.25. The number of hydrogen-bond donors (Lipinski definition) is 2. The van der Waals surface area contributed by atoms with Gasteiger partial charge >= 0.3 is 0 Å². The molecule has 116 valence electrons. The van der Waals surface area contributed by atoms with Gasteiger partial charge in [0.05, 0.1) is 10.5 Å². The highest BCUT2D eigenvalue weighted by atomic mass is 32.2. The highest BCUT2D eigenvalue weighted by Crippen LogP contribution is 2.15. The van der Waals surface area contributed by atoms with E-state index in [9.17, 15) is 17.6 Å². The van der Waals surface area contributed by atoms with Gasteiger partial charge < -0.3 is 0 Å². The van der Waals surface area contributed by atoms with Crippen molar-refractivity contribution in [1.82, 2.24) is 10.3 Å². The number of benzene rings is 2. The lowest BCUT2D eigenvalue weighted by Crippen LogP contribution is -2.42. The molecule has 2 rings (SSSR count). The Hall–Kier alpha value is -2.25. The van der Waals surface area contributed by atoms with E-state index in [1.54, 1.807) is 19.1 Å². The number of carbonyl (C=O) groups is 1. The summed E-state index contributed by atoms with van der Waals surface area (Å²) in [5, 5.41) is 0. The third-order valence-electron chi connectivity index (χ3n) is 3.04. The quantitative estimate of drug-likeness (QED) is 0.846. The minimum atomic E-state index is -3.93. The average Bonchev–Trinajstić information content (AvgIpc) is 2.45. The summed E-state index contributed by atoms with van der Waals surface area (Å²) in [7, 11) is -3.93.